The first-order valence-electron chi connectivity index (χ1n) is 8.89. The fourth-order valence-electron chi connectivity index (χ4n) is 2.89. The standard InChI is InChI=1S/C23H18N2O3/c26-22(24-19-7-2-1-3-8-19)17-12-10-16(11-13-17)15-28-23(27)21-14-18-6-4-5-9-20(18)25-21/h1-14,25H,15H2,(H,24,26). The van der Waals surface area contributed by atoms with Crippen LogP contribution in [-0.4, -0.2) is 16.9 Å². The molecule has 0 aliphatic rings. The van der Waals surface area contributed by atoms with Gasteiger partial charge in [0.05, 0.1) is 0 Å². The van der Waals surface area contributed by atoms with Gasteiger partial charge < -0.3 is 15.0 Å². The van der Waals surface area contributed by atoms with E-state index in [1.54, 1.807) is 30.3 Å². The van der Waals surface area contributed by atoms with Crippen LogP contribution in [0.2, 0.25) is 0 Å². The molecule has 0 aliphatic heterocycles. The van der Waals surface area contributed by atoms with Crippen LogP contribution in [0.1, 0.15) is 26.4 Å². The number of para-hydroxylation sites is 2. The molecule has 28 heavy (non-hydrogen) atoms. The number of esters is 1. The minimum atomic E-state index is -0.415. The van der Waals surface area contributed by atoms with Crippen molar-refractivity contribution in [3.63, 3.8) is 0 Å². The van der Waals surface area contributed by atoms with E-state index in [4.69, 9.17) is 4.74 Å². The van der Waals surface area contributed by atoms with Gasteiger partial charge in [0.2, 0.25) is 0 Å². The van der Waals surface area contributed by atoms with Gasteiger partial charge in [-0.1, -0.05) is 48.5 Å². The third-order valence-electron chi connectivity index (χ3n) is 4.37. The van der Waals surface area contributed by atoms with E-state index in [9.17, 15) is 9.59 Å². The molecule has 138 valence electrons. The van der Waals surface area contributed by atoms with Gasteiger partial charge >= 0.3 is 5.97 Å². The van der Waals surface area contributed by atoms with Crippen molar-refractivity contribution in [2.24, 2.45) is 0 Å². The predicted octanol–water partition coefficient (Wildman–Crippen LogP) is 4.78. The summed E-state index contributed by atoms with van der Waals surface area (Å²) in [5.74, 6) is -0.602. The van der Waals surface area contributed by atoms with E-state index in [2.05, 4.69) is 10.3 Å². The Morgan fingerprint density at radius 2 is 1.57 bits per heavy atom. The maximum atomic E-state index is 12.3. The van der Waals surface area contributed by atoms with Gasteiger partial charge in [-0.2, -0.15) is 0 Å². The number of amides is 1. The van der Waals surface area contributed by atoms with Crippen LogP contribution in [0.3, 0.4) is 0 Å². The van der Waals surface area contributed by atoms with Crippen molar-refractivity contribution in [3.8, 4) is 0 Å². The molecule has 0 fully saturated rings. The lowest BCUT2D eigenvalue weighted by Crippen LogP contribution is -2.12. The third-order valence-corrected chi connectivity index (χ3v) is 4.37. The third kappa shape index (κ3) is 3.94. The van der Waals surface area contributed by atoms with E-state index in [1.807, 2.05) is 54.6 Å². The Hall–Kier alpha value is -3.86. The summed E-state index contributed by atoms with van der Waals surface area (Å²) in [6.45, 7) is 0.134. The Bertz CT molecular complexity index is 1080. The number of rotatable bonds is 5. The van der Waals surface area contributed by atoms with Gasteiger partial charge in [-0.05, 0) is 42.0 Å². The summed E-state index contributed by atoms with van der Waals surface area (Å²) < 4.78 is 5.37. The number of hydrogen-bond acceptors (Lipinski definition) is 3. The molecule has 0 saturated heterocycles. The van der Waals surface area contributed by atoms with Crippen LogP contribution in [0.15, 0.2) is 84.9 Å². The molecule has 1 amide bonds. The van der Waals surface area contributed by atoms with E-state index in [0.29, 0.717) is 11.3 Å². The summed E-state index contributed by atoms with van der Waals surface area (Å²) in [6, 6.07) is 25.7. The van der Waals surface area contributed by atoms with Crippen LogP contribution in [0.5, 0.6) is 0 Å². The lowest BCUT2D eigenvalue weighted by Gasteiger charge is -2.07. The van der Waals surface area contributed by atoms with Gasteiger partial charge in [0.1, 0.15) is 12.3 Å². The molecule has 2 N–H and O–H groups in total. The zero-order valence-corrected chi connectivity index (χ0v) is 15.0. The molecule has 0 unspecified atom stereocenters. The number of carbonyl (C=O) groups excluding carboxylic acids is 2. The van der Waals surface area contributed by atoms with E-state index in [0.717, 1.165) is 22.2 Å². The van der Waals surface area contributed by atoms with Crippen molar-refractivity contribution in [2.45, 2.75) is 6.61 Å². The fraction of sp³-hybridized carbons (Fsp3) is 0.0435. The number of anilines is 1. The topological polar surface area (TPSA) is 71.2 Å². The molecule has 1 aromatic heterocycles. The lowest BCUT2D eigenvalue weighted by atomic mass is 10.1. The number of benzene rings is 3. The minimum Gasteiger partial charge on any atom is -0.456 e. The zero-order chi connectivity index (χ0) is 19.3. The molecule has 0 radical (unpaired) electrons. The van der Waals surface area contributed by atoms with Crippen LogP contribution in [-0.2, 0) is 11.3 Å². The summed E-state index contributed by atoms with van der Waals surface area (Å²) in [5, 5.41) is 3.79. The van der Waals surface area contributed by atoms with Crippen LogP contribution < -0.4 is 5.32 Å². The summed E-state index contributed by atoms with van der Waals surface area (Å²) in [6.07, 6.45) is 0. The molecule has 0 aliphatic carbocycles. The summed E-state index contributed by atoms with van der Waals surface area (Å²) in [4.78, 5) is 27.6. The van der Waals surface area contributed by atoms with Crippen molar-refractivity contribution in [3.05, 3.63) is 102 Å². The normalized spacial score (nSPS) is 10.6. The monoisotopic (exact) mass is 370 g/mol. The van der Waals surface area contributed by atoms with Crippen LogP contribution in [0, 0.1) is 0 Å². The first kappa shape index (κ1) is 17.5. The molecule has 0 saturated carbocycles. The van der Waals surface area contributed by atoms with Crippen molar-refractivity contribution in [2.75, 3.05) is 5.32 Å². The average Bonchev–Trinajstić information content (AvgIpc) is 3.17. The second-order valence-electron chi connectivity index (χ2n) is 6.36. The molecule has 0 bridgehead atoms. The number of aromatic nitrogens is 1. The van der Waals surface area contributed by atoms with Crippen molar-refractivity contribution < 1.29 is 14.3 Å². The molecule has 5 heteroatoms. The summed E-state index contributed by atoms with van der Waals surface area (Å²) in [5.41, 5.74) is 3.39. The molecule has 4 aromatic rings. The van der Waals surface area contributed by atoms with Crippen molar-refractivity contribution >= 4 is 28.5 Å². The maximum Gasteiger partial charge on any atom is 0.355 e. The summed E-state index contributed by atoms with van der Waals surface area (Å²) >= 11 is 0. The molecular formula is C23H18N2O3. The highest BCUT2D eigenvalue weighted by atomic mass is 16.5. The number of H-pyrrole nitrogens is 1. The largest absolute Gasteiger partial charge is 0.456 e. The van der Waals surface area contributed by atoms with E-state index in [1.165, 1.54) is 0 Å². The molecular weight excluding hydrogens is 352 g/mol. The number of hydrogen-bond donors (Lipinski definition) is 2. The Labute approximate surface area is 162 Å². The Morgan fingerprint density at radius 1 is 0.857 bits per heavy atom. The van der Waals surface area contributed by atoms with Crippen molar-refractivity contribution in [1.82, 2.24) is 4.98 Å². The Morgan fingerprint density at radius 3 is 2.32 bits per heavy atom. The van der Waals surface area contributed by atoms with Gasteiger partial charge in [0, 0.05) is 22.2 Å². The average molecular weight is 370 g/mol. The highest BCUT2D eigenvalue weighted by Gasteiger charge is 2.11. The summed E-state index contributed by atoms with van der Waals surface area (Å²) in [7, 11) is 0. The molecule has 5 nitrogen and oxygen atoms in total. The minimum absolute atomic E-state index is 0.134. The van der Waals surface area contributed by atoms with Gasteiger partial charge in [-0.3, -0.25) is 4.79 Å². The van der Waals surface area contributed by atoms with Crippen LogP contribution >= 0.6 is 0 Å². The number of ether oxygens (including phenoxy) is 1. The molecule has 0 atom stereocenters. The molecule has 3 aromatic carbocycles. The second-order valence-corrected chi connectivity index (χ2v) is 6.36. The van der Waals surface area contributed by atoms with E-state index < -0.39 is 5.97 Å². The second kappa shape index (κ2) is 7.80. The molecule has 1 heterocycles. The smallest absolute Gasteiger partial charge is 0.355 e. The van der Waals surface area contributed by atoms with Gasteiger partial charge in [-0.25, -0.2) is 4.79 Å². The van der Waals surface area contributed by atoms with E-state index >= 15 is 0 Å². The first-order valence-corrected chi connectivity index (χ1v) is 8.89. The zero-order valence-electron chi connectivity index (χ0n) is 15.0. The number of carbonyl (C=O) groups is 2. The highest BCUT2D eigenvalue weighted by Crippen LogP contribution is 2.16. The highest BCUT2D eigenvalue weighted by molar-refractivity contribution is 6.04. The SMILES string of the molecule is O=C(Nc1ccccc1)c1ccc(COC(=O)c2cc3ccccc3[nH]2)cc1. The lowest BCUT2D eigenvalue weighted by molar-refractivity contribution is 0.0466. The number of aromatic amines is 1. The van der Waals surface area contributed by atoms with Gasteiger partial charge in [0.15, 0.2) is 0 Å². The van der Waals surface area contributed by atoms with Gasteiger partial charge in [-0.15, -0.1) is 0 Å². The van der Waals surface area contributed by atoms with Crippen molar-refractivity contribution in [1.29, 1.82) is 0 Å². The number of fused-ring (bicyclic) bond motifs is 1. The molecule has 0 spiro atoms. The fourth-order valence-corrected chi connectivity index (χ4v) is 2.89. The van der Waals surface area contributed by atoms with Crippen LogP contribution in [0.25, 0.3) is 10.9 Å². The number of nitrogens with one attached hydrogen (secondary N) is 2. The molecule has 4 rings (SSSR count). The first-order chi connectivity index (χ1) is 13.7. The Kier molecular flexibility index (Phi) is 4.89. The Balaban J connectivity index is 1.36. The quantitative estimate of drug-likeness (QED) is 0.497. The predicted molar refractivity (Wildman–Crippen MR) is 108 cm³/mol. The van der Waals surface area contributed by atoms with E-state index in [-0.39, 0.29) is 12.5 Å². The van der Waals surface area contributed by atoms with Gasteiger partial charge in [0.25, 0.3) is 5.91 Å². The van der Waals surface area contributed by atoms with Crippen LogP contribution in [0.4, 0.5) is 5.69 Å². The maximum absolute atomic E-state index is 12.3.